The summed E-state index contributed by atoms with van der Waals surface area (Å²) in [5.74, 6) is 0.692. The standard InChI is InChI=1S/C17H24N4O2/c1-12(22)20(2)15-5-3-14(4-6-15)19-17(23)11-21-9-13-7-8-18-16(13)10-21/h3-6,13,16,18H,7-11H2,1-2H3,(H,19,23). The van der Waals surface area contributed by atoms with E-state index < -0.39 is 0 Å². The molecule has 1 aromatic rings. The minimum absolute atomic E-state index is 0.0117. The molecule has 2 amide bonds. The van der Waals surface area contributed by atoms with Gasteiger partial charge in [0.15, 0.2) is 0 Å². The van der Waals surface area contributed by atoms with Crippen LogP contribution >= 0.6 is 0 Å². The molecule has 124 valence electrons. The number of hydrogen-bond acceptors (Lipinski definition) is 4. The maximum absolute atomic E-state index is 12.2. The van der Waals surface area contributed by atoms with Crippen LogP contribution in [0, 0.1) is 5.92 Å². The van der Waals surface area contributed by atoms with Crippen LogP contribution in [0.1, 0.15) is 13.3 Å². The summed E-state index contributed by atoms with van der Waals surface area (Å²) in [6.45, 7) is 5.03. The van der Waals surface area contributed by atoms with Crippen LogP contribution in [0.2, 0.25) is 0 Å². The molecule has 0 bridgehead atoms. The van der Waals surface area contributed by atoms with Crippen LogP contribution in [0.15, 0.2) is 24.3 Å². The Kier molecular flexibility index (Phi) is 4.63. The van der Waals surface area contributed by atoms with E-state index in [-0.39, 0.29) is 11.8 Å². The molecule has 2 atom stereocenters. The van der Waals surface area contributed by atoms with Gasteiger partial charge in [-0.3, -0.25) is 14.5 Å². The van der Waals surface area contributed by atoms with Gasteiger partial charge in [-0.05, 0) is 43.1 Å². The quantitative estimate of drug-likeness (QED) is 0.866. The lowest BCUT2D eigenvalue weighted by Crippen LogP contribution is -2.35. The molecule has 2 aliphatic rings. The minimum atomic E-state index is -0.0185. The number of nitrogens with one attached hydrogen (secondary N) is 2. The number of rotatable bonds is 4. The highest BCUT2D eigenvalue weighted by atomic mass is 16.2. The van der Waals surface area contributed by atoms with Crippen molar-refractivity contribution in [3.8, 4) is 0 Å². The van der Waals surface area contributed by atoms with Crippen molar-refractivity contribution in [2.45, 2.75) is 19.4 Å². The largest absolute Gasteiger partial charge is 0.325 e. The van der Waals surface area contributed by atoms with Gasteiger partial charge in [-0.1, -0.05) is 0 Å². The van der Waals surface area contributed by atoms with Crippen molar-refractivity contribution in [1.29, 1.82) is 0 Å². The number of hydrogen-bond donors (Lipinski definition) is 2. The first-order chi connectivity index (χ1) is 11.0. The number of benzene rings is 1. The first kappa shape index (κ1) is 16.0. The molecule has 6 heteroatoms. The summed E-state index contributed by atoms with van der Waals surface area (Å²) in [6, 6.07) is 7.88. The van der Waals surface area contributed by atoms with Crippen molar-refractivity contribution < 1.29 is 9.59 Å². The first-order valence-electron chi connectivity index (χ1n) is 8.13. The van der Waals surface area contributed by atoms with E-state index in [1.165, 1.54) is 13.3 Å². The van der Waals surface area contributed by atoms with Gasteiger partial charge >= 0.3 is 0 Å². The third-order valence-electron chi connectivity index (χ3n) is 4.82. The summed E-state index contributed by atoms with van der Waals surface area (Å²) >= 11 is 0. The van der Waals surface area contributed by atoms with Gasteiger partial charge in [-0.15, -0.1) is 0 Å². The number of anilines is 2. The molecule has 0 aromatic heterocycles. The lowest BCUT2D eigenvalue weighted by Gasteiger charge is -2.17. The number of fused-ring (bicyclic) bond motifs is 1. The number of amides is 2. The predicted molar refractivity (Wildman–Crippen MR) is 90.5 cm³/mol. The Morgan fingerprint density at radius 1 is 1.30 bits per heavy atom. The van der Waals surface area contributed by atoms with E-state index in [2.05, 4.69) is 15.5 Å². The van der Waals surface area contributed by atoms with Gasteiger partial charge in [-0.2, -0.15) is 0 Å². The van der Waals surface area contributed by atoms with E-state index in [0.717, 1.165) is 31.0 Å². The number of carbonyl (C=O) groups is 2. The molecular formula is C17H24N4O2. The van der Waals surface area contributed by atoms with Crippen molar-refractivity contribution >= 4 is 23.2 Å². The van der Waals surface area contributed by atoms with Gasteiger partial charge in [0.05, 0.1) is 6.54 Å². The molecule has 2 fully saturated rings. The zero-order valence-electron chi connectivity index (χ0n) is 13.7. The fraction of sp³-hybridized carbons (Fsp3) is 0.529. The molecule has 2 heterocycles. The van der Waals surface area contributed by atoms with Crippen LogP contribution in [0.3, 0.4) is 0 Å². The number of carbonyl (C=O) groups excluding carboxylic acids is 2. The Balaban J connectivity index is 1.51. The highest BCUT2D eigenvalue weighted by Crippen LogP contribution is 2.24. The monoisotopic (exact) mass is 316 g/mol. The van der Waals surface area contributed by atoms with Gasteiger partial charge < -0.3 is 15.5 Å². The Hall–Kier alpha value is -1.92. The topological polar surface area (TPSA) is 64.7 Å². The summed E-state index contributed by atoms with van der Waals surface area (Å²) in [5.41, 5.74) is 1.57. The molecule has 0 radical (unpaired) electrons. The zero-order valence-corrected chi connectivity index (χ0v) is 13.7. The van der Waals surface area contributed by atoms with Crippen LogP contribution < -0.4 is 15.5 Å². The smallest absolute Gasteiger partial charge is 0.238 e. The van der Waals surface area contributed by atoms with E-state index in [0.29, 0.717) is 18.5 Å². The van der Waals surface area contributed by atoms with Crippen LogP contribution in [-0.4, -0.2) is 56.0 Å². The molecule has 1 aromatic carbocycles. The average molecular weight is 316 g/mol. The Morgan fingerprint density at radius 3 is 2.70 bits per heavy atom. The molecule has 3 rings (SSSR count). The third-order valence-corrected chi connectivity index (χ3v) is 4.82. The summed E-state index contributed by atoms with van der Waals surface area (Å²) < 4.78 is 0. The van der Waals surface area contributed by atoms with Crippen LogP contribution in [0.4, 0.5) is 11.4 Å². The van der Waals surface area contributed by atoms with Gasteiger partial charge in [0.1, 0.15) is 0 Å². The van der Waals surface area contributed by atoms with E-state index in [1.807, 2.05) is 24.3 Å². The number of nitrogens with zero attached hydrogens (tertiary/aromatic N) is 2. The maximum atomic E-state index is 12.2. The number of likely N-dealkylation sites (tertiary alicyclic amines) is 1. The lowest BCUT2D eigenvalue weighted by molar-refractivity contribution is -0.117. The van der Waals surface area contributed by atoms with Crippen molar-refractivity contribution in [1.82, 2.24) is 10.2 Å². The SMILES string of the molecule is CC(=O)N(C)c1ccc(NC(=O)CN2CC3CCNC3C2)cc1. The first-order valence-corrected chi connectivity index (χ1v) is 8.13. The summed E-state index contributed by atoms with van der Waals surface area (Å²) in [6.07, 6.45) is 1.22. The second-order valence-electron chi connectivity index (χ2n) is 6.48. The summed E-state index contributed by atoms with van der Waals surface area (Å²) in [5, 5.41) is 6.42. The molecule has 2 aliphatic heterocycles. The molecule has 6 nitrogen and oxygen atoms in total. The Morgan fingerprint density at radius 2 is 2.04 bits per heavy atom. The molecule has 23 heavy (non-hydrogen) atoms. The summed E-state index contributed by atoms with van der Waals surface area (Å²) in [7, 11) is 1.73. The lowest BCUT2D eigenvalue weighted by atomic mass is 10.1. The van der Waals surface area contributed by atoms with E-state index in [9.17, 15) is 9.59 Å². The second-order valence-corrected chi connectivity index (χ2v) is 6.48. The molecule has 0 aliphatic carbocycles. The molecule has 0 spiro atoms. The summed E-state index contributed by atoms with van der Waals surface area (Å²) in [4.78, 5) is 27.3. The van der Waals surface area contributed by atoms with Crippen molar-refractivity contribution in [2.75, 3.05) is 43.4 Å². The second kappa shape index (κ2) is 6.68. The fourth-order valence-electron chi connectivity index (χ4n) is 3.42. The fourth-order valence-corrected chi connectivity index (χ4v) is 3.42. The van der Waals surface area contributed by atoms with E-state index in [4.69, 9.17) is 0 Å². The van der Waals surface area contributed by atoms with E-state index in [1.54, 1.807) is 11.9 Å². The van der Waals surface area contributed by atoms with Crippen LogP contribution in [0.25, 0.3) is 0 Å². The van der Waals surface area contributed by atoms with Gasteiger partial charge in [0.25, 0.3) is 0 Å². The van der Waals surface area contributed by atoms with Crippen LogP contribution in [0.5, 0.6) is 0 Å². The van der Waals surface area contributed by atoms with Crippen LogP contribution in [-0.2, 0) is 9.59 Å². The minimum Gasteiger partial charge on any atom is -0.325 e. The highest BCUT2D eigenvalue weighted by Gasteiger charge is 2.36. The van der Waals surface area contributed by atoms with Gasteiger partial charge in [-0.25, -0.2) is 0 Å². The van der Waals surface area contributed by atoms with E-state index >= 15 is 0 Å². The predicted octanol–water partition coefficient (Wildman–Crippen LogP) is 0.902. The normalized spacial score (nSPS) is 23.6. The van der Waals surface area contributed by atoms with Crippen molar-refractivity contribution in [2.24, 2.45) is 5.92 Å². The van der Waals surface area contributed by atoms with Crippen molar-refractivity contribution in [3.63, 3.8) is 0 Å². The molecular weight excluding hydrogens is 292 g/mol. The molecule has 2 N–H and O–H groups in total. The maximum Gasteiger partial charge on any atom is 0.238 e. The average Bonchev–Trinajstić information content (AvgIpc) is 3.08. The Labute approximate surface area is 136 Å². The van der Waals surface area contributed by atoms with Crippen molar-refractivity contribution in [3.05, 3.63) is 24.3 Å². The highest BCUT2D eigenvalue weighted by molar-refractivity contribution is 5.93. The zero-order chi connectivity index (χ0) is 16.4. The van der Waals surface area contributed by atoms with Gasteiger partial charge in [0, 0.05) is 44.5 Å². The third kappa shape index (κ3) is 3.71. The molecule has 0 saturated carbocycles. The Bertz CT molecular complexity index is 575. The molecule has 2 saturated heterocycles. The molecule has 2 unspecified atom stereocenters. The van der Waals surface area contributed by atoms with Gasteiger partial charge in [0.2, 0.25) is 11.8 Å².